The number of primary amides is 1. The van der Waals surface area contributed by atoms with E-state index >= 15 is 0 Å². The van der Waals surface area contributed by atoms with Crippen molar-refractivity contribution in [3.05, 3.63) is 46.1 Å². The average Bonchev–Trinajstić information content (AvgIpc) is 2.91. The number of nitrogens with one attached hydrogen (secondary N) is 1. The molecule has 0 bridgehead atoms. The minimum atomic E-state index is -0.492. The molecule has 0 aliphatic heterocycles. The van der Waals surface area contributed by atoms with E-state index in [1.165, 1.54) is 35.2 Å². The fraction of sp³-hybridized carbons (Fsp3) is 0.333. The highest BCUT2D eigenvalue weighted by atomic mass is 32.2. The second-order valence-corrected chi connectivity index (χ2v) is 8.36. The Balaban J connectivity index is 1.70. The predicted molar refractivity (Wildman–Crippen MR) is 99.8 cm³/mol. The molecular weight excluding hydrogens is 359 g/mol. The molecule has 0 fully saturated rings. The van der Waals surface area contributed by atoms with Crippen molar-refractivity contribution in [1.29, 1.82) is 0 Å². The molecule has 0 radical (unpaired) electrons. The normalized spacial score (nSPS) is 16.3. The largest absolute Gasteiger partial charge is 0.365 e. The molecule has 3 N–H and O–H groups in total. The highest BCUT2D eigenvalue weighted by Gasteiger charge is 2.27. The van der Waals surface area contributed by atoms with Crippen molar-refractivity contribution in [2.24, 2.45) is 11.7 Å². The fourth-order valence-corrected chi connectivity index (χ4v) is 5.07. The molecule has 1 unspecified atom stereocenters. The molecule has 1 heterocycles. The van der Waals surface area contributed by atoms with E-state index in [-0.39, 0.29) is 17.5 Å². The summed E-state index contributed by atoms with van der Waals surface area (Å²) in [6.07, 6.45) is 2.77. The summed E-state index contributed by atoms with van der Waals surface area (Å²) in [5.41, 5.74) is 7.01. The van der Waals surface area contributed by atoms with Gasteiger partial charge in [0.15, 0.2) is 0 Å². The molecule has 0 saturated carbocycles. The van der Waals surface area contributed by atoms with Gasteiger partial charge in [-0.1, -0.05) is 6.92 Å². The SMILES string of the molecule is CC1CCc2c(sc(NC(=O)CSc3ccc(F)cc3)c2C(N)=O)C1. The van der Waals surface area contributed by atoms with Crippen LogP contribution in [0.15, 0.2) is 29.2 Å². The second-order valence-electron chi connectivity index (χ2n) is 6.21. The molecule has 0 spiro atoms. The topological polar surface area (TPSA) is 72.2 Å². The number of hydrogen-bond donors (Lipinski definition) is 2. The van der Waals surface area contributed by atoms with Gasteiger partial charge in [-0.3, -0.25) is 9.59 Å². The van der Waals surface area contributed by atoms with Crippen LogP contribution < -0.4 is 11.1 Å². The number of carbonyl (C=O) groups is 2. The molecule has 1 aromatic heterocycles. The summed E-state index contributed by atoms with van der Waals surface area (Å²) in [6.45, 7) is 2.18. The van der Waals surface area contributed by atoms with Crippen LogP contribution in [0.5, 0.6) is 0 Å². The van der Waals surface area contributed by atoms with Crippen LogP contribution in [0.4, 0.5) is 9.39 Å². The molecule has 1 aromatic carbocycles. The zero-order valence-electron chi connectivity index (χ0n) is 13.8. The van der Waals surface area contributed by atoms with Gasteiger partial charge < -0.3 is 11.1 Å². The standard InChI is InChI=1S/C18H19FN2O2S2/c1-10-2-7-13-14(8-10)25-18(16(13)17(20)23)21-15(22)9-24-12-5-3-11(19)4-6-12/h3-6,10H,2,7-9H2,1H3,(H2,20,23)(H,21,22). The van der Waals surface area contributed by atoms with Crippen LogP contribution in [-0.2, 0) is 17.6 Å². The van der Waals surface area contributed by atoms with Crippen LogP contribution >= 0.6 is 23.1 Å². The van der Waals surface area contributed by atoms with E-state index in [4.69, 9.17) is 5.73 Å². The Morgan fingerprint density at radius 3 is 2.76 bits per heavy atom. The number of thiophene rings is 1. The van der Waals surface area contributed by atoms with Crippen molar-refractivity contribution in [2.75, 3.05) is 11.1 Å². The van der Waals surface area contributed by atoms with Gasteiger partial charge >= 0.3 is 0 Å². The van der Waals surface area contributed by atoms with Crippen molar-refractivity contribution >= 4 is 39.9 Å². The number of nitrogens with two attached hydrogens (primary N) is 1. The van der Waals surface area contributed by atoms with Crippen LogP contribution in [0.25, 0.3) is 0 Å². The van der Waals surface area contributed by atoms with Gasteiger partial charge in [-0.2, -0.15) is 0 Å². The third kappa shape index (κ3) is 4.22. The minimum absolute atomic E-state index is 0.183. The molecule has 25 heavy (non-hydrogen) atoms. The maximum absolute atomic E-state index is 12.9. The first kappa shape index (κ1) is 17.9. The van der Waals surface area contributed by atoms with E-state index in [2.05, 4.69) is 12.2 Å². The van der Waals surface area contributed by atoms with E-state index in [1.807, 2.05) is 0 Å². The first-order valence-electron chi connectivity index (χ1n) is 8.06. The van der Waals surface area contributed by atoms with E-state index in [1.54, 1.807) is 12.1 Å². The van der Waals surface area contributed by atoms with Crippen LogP contribution in [0.3, 0.4) is 0 Å². The summed E-state index contributed by atoms with van der Waals surface area (Å²) >= 11 is 2.77. The molecular formula is C18H19FN2O2S2. The molecule has 1 atom stereocenters. The number of carbonyl (C=O) groups excluding carboxylic acids is 2. The Morgan fingerprint density at radius 1 is 1.36 bits per heavy atom. The summed E-state index contributed by atoms with van der Waals surface area (Å²) in [6, 6.07) is 5.99. The van der Waals surface area contributed by atoms with Gasteiger partial charge in [-0.25, -0.2) is 4.39 Å². The number of anilines is 1. The highest BCUT2D eigenvalue weighted by molar-refractivity contribution is 8.00. The maximum Gasteiger partial charge on any atom is 0.251 e. The quantitative estimate of drug-likeness (QED) is 0.777. The van der Waals surface area contributed by atoms with Gasteiger partial charge in [0.05, 0.1) is 11.3 Å². The van der Waals surface area contributed by atoms with Gasteiger partial charge in [-0.05, 0) is 55.0 Å². The summed E-state index contributed by atoms with van der Waals surface area (Å²) in [5, 5.41) is 3.38. The molecule has 0 saturated heterocycles. The number of benzene rings is 1. The summed E-state index contributed by atoms with van der Waals surface area (Å²) < 4.78 is 12.9. The van der Waals surface area contributed by atoms with Crippen molar-refractivity contribution < 1.29 is 14.0 Å². The molecule has 2 aromatic rings. The molecule has 3 rings (SSSR count). The monoisotopic (exact) mass is 378 g/mol. The number of hydrogen-bond acceptors (Lipinski definition) is 4. The first-order valence-corrected chi connectivity index (χ1v) is 9.86. The Bertz CT molecular complexity index is 802. The second kappa shape index (κ2) is 7.58. The third-order valence-corrected chi connectivity index (χ3v) is 6.38. The Hall–Kier alpha value is -1.86. The number of thioether (sulfide) groups is 1. The third-order valence-electron chi connectivity index (χ3n) is 4.19. The van der Waals surface area contributed by atoms with Gasteiger partial charge in [0, 0.05) is 9.77 Å². The number of fused-ring (bicyclic) bond motifs is 1. The zero-order chi connectivity index (χ0) is 18.0. The van der Waals surface area contributed by atoms with Gasteiger partial charge in [0.1, 0.15) is 10.8 Å². The van der Waals surface area contributed by atoms with Gasteiger partial charge in [0.2, 0.25) is 5.91 Å². The van der Waals surface area contributed by atoms with Crippen LogP contribution in [0, 0.1) is 11.7 Å². The number of amides is 2. The van der Waals surface area contributed by atoms with Crippen LogP contribution in [0.1, 0.15) is 34.1 Å². The fourth-order valence-electron chi connectivity index (χ4n) is 2.94. The lowest BCUT2D eigenvalue weighted by molar-refractivity contribution is -0.113. The van der Waals surface area contributed by atoms with Gasteiger partial charge in [0.25, 0.3) is 5.91 Å². The summed E-state index contributed by atoms with van der Waals surface area (Å²) in [4.78, 5) is 26.1. The van der Waals surface area contributed by atoms with E-state index in [0.29, 0.717) is 16.5 Å². The number of halogens is 1. The van der Waals surface area contributed by atoms with Crippen molar-refractivity contribution in [3.63, 3.8) is 0 Å². The van der Waals surface area contributed by atoms with Crippen LogP contribution in [-0.4, -0.2) is 17.6 Å². The number of rotatable bonds is 5. The van der Waals surface area contributed by atoms with E-state index < -0.39 is 5.91 Å². The van der Waals surface area contributed by atoms with Crippen molar-refractivity contribution in [1.82, 2.24) is 0 Å². The molecule has 7 heteroatoms. The van der Waals surface area contributed by atoms with Gasteiger partial charge in [-0.15, -0.1) is 23.1 Å². The Labute approximate surface area is 154 Å². The lowest BCUT2D eigenvalue weighted by atomic mass is 9.88. The smallest absolute Gasteiger partial charge is 0.251 e. The molecule has 132 valence electrons. The Morgan fingerprint density at radius 2 is 2.08 bits per heavy atom. The molecule has 1 aliphatic carbocycles. The van der Waals surface area contributed by atoms with Crippen molar-refractivity contribution in [3.8, 4) is 0 Å². The predicted octanol–water partition coefficient (Wildman–Crippen LogP) is 3.84. The zero-order valence-corrected chi connectivity index (χ0v) is 15.4. The molecule has 4 nitrogen and oxygen atoms in total. The van der Waals surface area contributed by atoms with E-state index in [0.717, 1.165) is 34.6 Å². The highest BCUT2D eigenvalue weighted by Crippen LogP contribution is 2.39. The Kier molecular flexibility index (Phi) is 5.44. The lowest BCUT2D eigenvalue weighted by Gasteiger charge is -2.18. The van der Waals surface area contributed by atoms with E-state index in [9.17, 15) is 14.0 Å². The van der Waals surface area contributed by atoms with Crippen molar-refractivity contribution in [2.45, 2.75) is 31.1 Å². The minimum Gasteiger partial charge on any atom is -0.365 e. The summed E-state index contributed by atoms with van der Waals surface area (Å²) in [5.74, 6) is -0.247. The van der Waals surface area contributed by atoms with Crippen LogP contribution in [0.2, 0.25) is 0 Å². The molecule has 2 amide bonds. The first-order chi connectivity index (χ1) is 11.9. The average molecular weight is 378 g/mol. The lowest BCUT2D eigenvalue weighted by Crippen LogP contribution is -2.20. The maximum atomic E-state index is 12.9. The molecule has 1 aliphatic rings. The summed E-state index contributed by atoms with van der Waals surface area (Å²) in [7, 11) is 0.